The average molecular weight is 340 g/mol. The molecule has 1 aromatic rings. The van der Waals surface area contributed by atoms with E-state index in [4.69, 9.17) is 4.74 Å². The second-order valence-electron chi connectivity index (χ2n) is 6.16. The van der Waals surface area contributed by atoms with E-state index in [2.05, 4.69) is 0 Å². The van der Waals surface area contributed by atoms with Crippen molar-refractivity contribution in [2.24, 2.45) is 0 Å². The molecule has 1 fully saturated rings. The molecule has 0 saturated carbocycles. The van der Waals surface area contributed by atoms with E-state index in [9.17, 15) is 13.2 Å². The summed E-state index contributed by atoms with van der Waals surface area (Å²) in [5, 5.41) is 0. The average Bonchev–Trinajstić information content (AvgIpc) is 2.46. The highest BCUT2D eigenvalue weighted by molar-refractivity contribution is 7.89. The van der Waals surface area contributed by atoms with Gasteiger partial charge in [0.1, 0.15) is 5.75 Å². The molecule has 1 aliphatic heterocycles. The van der Waals surface area contributed by atoms with E-state index in [0.29, 0.717) is 18.8 Å². The van der Waals surface area contributed by atoms with Gasteiger partial charge in [-0.05, 0) is 52.0 Å². The molecule has 128 valence electrons. The molecule has 1 saturated heterocycles. The summed E-state index contributed by atoms with van der Waals surface area (Å²) in [6, 6.07) is 6.40. The Hall–Kier alpha value is -1.60. The Morgan fingerprint density at radius 2 is 1.65 bits per heavy atom. The van der Waals surface area contributed by atoms with Crippen LogP contribution >= 0.6 is 0 Å². The number of sulfonamides is 1. The van der Waals surface area contributed by atoms with E-state index in [1.165, 1.54) is 16.4 Å². The SMILES string of the molecule is CC(C)Oc1ccc(S(=O)(=O)N2CCN(C(C)C)C(=O)C2)cc1. The van der Waals surface area contributed by atoms with Gasteiger partial charge in [0.25, 0.3) is 0 Å². The van der Waals surface area contributed by atoms with Gasteiger partial charge in [0.05, 0.1) is 17.5 Å². The molecule has 1 aliphatic rings. The minimum atomic E-state index is -3.66. The predicted molar refractivity (Wildman–Crippen MR) is 87.8 cm³/mol. The molecule has 1 heterocycles. The molecule has 0 N–H and O–H groups in total. The quantitative estimate of drug-likeness (QED) is 0.818. The molecule has 0 bridgehead atoms. The molecule has 0 spiro atoms. The summed E-state index contributed by atoms with van der Waals surface area (Å²) >= 11 is 0. The van der Waals surface area contributed by atoms with Gasteiger partial charge in [0.15, 0.2) is 0 Å². The van der Waals surface area contributed by atoms with Gasteiger partial charge in [-0.15, -0.1) is 0 Å². The number of rotatable bonds is 5. The van der Waals surface area contributed by atoms with Crippen LogP contribution in [0.3, 0.4) is 0 Å². The Kier molecular flexibility index (Phi) is 5.31. The number of ether oxygens (including phenoxy) is 1. The summed E-state index contributed by atoms with van der Waals surface area (Å²) in [5.74, 6) is 0.467. The number of hydrogen-bond acceptors (Lipinski definition) is 4. The summed E-state index contributed by atoms with van der Waals surface area (Å²) in [5.41, 5.74) is 0. The standard InChI is InChI=1S/C16H24N2O4S/c1-12(2)18-10-9-17(11-16(18)19)23(20,21)15-7-5-14(6-8-15)22-13(3)4/h5-8,12-13H,9-11H2,1-4H3. The van der Waals surface area contributed by atoms with Crippen molar-refractivity contribution in [2.45, 2.75) is 44.7 Å². The fraction of sp³-hybridized carbons (Fsp3) is 0.562. The smallest absolute Gasteiger partial charge is 0.243 e. The molecule has 7 heteroatoms. The summed E-state index contributed by atoms with van der Waals surface area (Å²) in [6.45, 7) is 8.30. The van der Waals surface area contributed by atoms with Gasteiger partial charge in [0.2, 0.25) is 15.9 Å². The molecule has 1 amide bonds. The topological polar surface area (TPSA) is 66.9 Å². The third-order valence-corrected chi connectivity index (χ3v) is 5.54. The Morgan fingerprint density at radius 1 is 1.04 bits per heavy atom. The third kappa shape index (κ3) is 4.03. The third-order valence-electron chi connectivity index (χ3n) is 3.68. The summed E-state index contributed by atoms with van der Waals surface area (Å²) in [7, 11) is -3.66. The van der Waals surface area contributed by atoms with Crippen LogP contribution in [-0.2, 0) is 14.8 Å². The van der Waals surface area contributed by atoms with Crippen LogP contribution in [0.2, 0.25) is 0 Å². The fourth-order valence-electron chi connectivity index (χ4n) is 2.53. The van der Waals surface area contributed by atoms with Gasteiger partial charge in [-0.25, -0.2) is 8.42 Å². The van der Waals surface area contributed by atoms with E-state index < -0.39 is 10.0 Å². The van der Waals surface area contributed by atoms with Crippen LogP contribution < -0.4 is 4.74 Å². The number of carbonyl (C=O) groups is 1. The molecule has 2 rings (SSSR count). The molecule has 0 aliphatic carbocycles. The lowest BCUT2D eigenvalue weighted by Crippen LogP contribution is -2.54. The summed E-state index contributed by atoms with van der Waals surface area (Å²) in [6.07, 6.45) is 0.0270. The van der Waals surface area contributed by atoms with E-state index >= 15 is 0 Å². The number of piperazine rings is 1. The normalized spacial score (nSPS) is 17.1. The first kappa shape index (κ1) is 17.7. The maximum atomic E-state index is 12.7. The first-order valence-corrected chi connectivity index (χ1v) is 9.22. The molecular weight excluding hydrogens is 316 g/mol. The van der Waals surface area contributed by atoms with Gasteiger partial charge in [-0.2, -0.15) is 4.31 Å². The van der Waals surface area contributed by atoms with Crippen molar-refractivity contribution < 1.29 is 17.9 Å². The van der Waals surface area contributed by atoms with Crippen molar-refractivity contribution >= 4 is 15.9 Å². The van der Waals surface area contributed by atoms with Crippen LogP contribution in [0.5, 0.6) is 5.75 Å². The zero-order chi connectivity index (χ0) is 17.2. The minimum Gasteiger partial charge on any atom is -0.491 e. The molecule has 0 radical (unpaired) electrons. The van der Waals surface area contributed by atoms with Crippen molar-refractivity contribution in [1.29, 1.82) is 0 Å². The van der Waals surface area contributed by atoms with Crippen molar-refractivity contribution in [1.82, 2.24) is 9.21 Å². The van der Waals surface area contributed by atoms with Gasteiger partial charge in [-0.1, -0.05) is 0 Å². The van der Waals surface area contributed by atoms with Crippen molar-refractivity contribution in [3.05, 3.63) is 24.3 Å². The highest BCUT2D eigenvalue weighted by Crippen LogP contribution is 2.22. The molecule has 23 heavy (non-hydrogen) atoms. The van der Waals surface area contributed by atoms with Crippen molar-refractivity contribution in [3.8, 4) is 5.75 Å². The maximum absolute atomic E-state index is 12.7. The lowest BCUT2D eigenvalue weighted by Gasteiger charge is -2.36. The van der Waals surface area contributed by atoms with Crippen LogP contribution in [0, 0.1) is 0 Å². The largest absolute Gasteiger partial charge is 0.491 e. The second-order valence-corrected chi connectivity index (χ2v) is 8.10. The highest BCUT2D eigenvalue weighted by atomic mass is 32.2. The molecule has 1 aromatic carbocycles. The first-order valence-electron chi connectivity index (χ1n) is 7.78. The Bertz CT molecular complexity index is 653. The van der Waals surface area contributed by atoms with E-state index in [-0.39, 0.29) is 29.5 Å². The maximum Gasteiger partial charge on any atom is 0.243 e. The monoisotopic (exact) mass is 340 g/mol. The number of amides is 1. The van der Waals surface area contributed by atoms with Gasteiger partial charge < -0.3 is 9.64 Å². The lowest BCUT2D eigenvalue weighted by molar-refractivity contribution is -0.135. The zero-order valence-corrected chi connectivity index (χ0v) is 14.8. The fourth-order valence-corrected chi connectivity index (χ4v) is 3.91. The van der Waals surface area contributed by atoms with E-state index in [1.807, 2.05) is 27.7 Å². The lowest BCUT2D eigenvalue weighted by atomic mass is 10.2. The van der Waals surface area contributed by atoms with E-state index in [1.54, 1.807) is 17.0 Å². The number of nitrogens with zero attached hydrogens (tertiary/aromatic N) is 2. The van der Waals surface area contributed by atoms with Crippen molar-refractivity contribution in [3.63, 3.8) is 0 Å². The Balaban J connectivity index is 2.14. The van der Waals surface area contributed by atoms with Gasteiger partial charge in [-0.3, -0.25) is 4.79 Å². The van der Waals surface area contributed by atoms with Crippen molar-refractivity contribution in [2.75, 3.05) is 19.6 Å². The molecule has 0 aromatic heterocycles. The molecule has 0 atom stereocenters. The van der Waals surface area contributed by atoms with Gasteiger partial charge >= 0.3 is 0 Å². The molecule has 6 nitrogen and oxygen atoms in total. The number of benzene rings is 1. The highest BCUT2D eigenvalue weighted by Gasteiger charge is 2.33. The number of carbonyl (C=O) groups excluding carboxylic acids is 1. The summed E-state index contributed by atoms with van der Waals surface area (Å²) < 4.78 is 32.1. The summed E-state index contributed by atoms with van der Waals surface area (Å²) in [4.78, 5) is 14.0. The van der Waals surface area contributed by atoms with Gasteiger partial charge in [0, 0.05) is 19.1 Å². The number of hydrogen-bond donors (Lipinski definition) is 0. The zero-order valence-electron chi connectivity index (χ0n) is 14.0. The van der Waals surface area contributed by atoms with Crippen LogP contribution in [-0.4, -0.2) is 55.3 Å². The molecule has 0 unspecified atom stereocenters. The van der Waals surface area contributed by atoms with Crippen LogP contribution in [0.15, 0.2) is 29.2 Å². The predicted octanol–water partition coefficient (Wildman–Crippen LogP) is 1.72. The van der Waals surface area contributed by atoms with Crippen LogP contribution in [0.4, 0.5) is 0 Å². The van der Waals surface area contributed by atoms with Crippen LogP contribution in [0.25, 0.3) is 0 Å². The Morgan fingerprint density at radius 3 is 2.13 bits per heavy atom. The first-order chi connectivity index (χ1) is 10.7. The molecular formula is C16H24N2O4S. The van der Waals surface area contributed by atoms with Crippen LogP contribution in [0.1, 0.15) is 27.7 Å². The minimum absolute atomic E-state index is 0.0270. The van der Waals surface area contributed by atoms with E-state index in [0.717, 1.165) is 0 Å². The second kappa shape index (κ2) is 6.88. The Labute approximate surface area is 138 Å².